The molecule has 0 aliphatic rings. The minimum atomic E-state index is -0.398. The molecule has 1 unspecified atom stereocenters. The van der Waals surface area contributed by atoms with E-state index >= 15 is 0 Å². The van der Waals surface area contributed by atoms with Crippen molar-refractivity contribution in [2.45, 2.75) is 59.3 Å². The van der Waals surface area contributed by atoms with Crippen LogP contribution in [-0.4, -0.2) is 34.9 Å². The average Bonchev–Trinajstić information content (AvgIpc) is 2.10. The first-order chi connectivity index (χ1) is 7.30. The summed E-state index contributed by atoms with van der Waals surface area (Å²) in [5, 5.41) is 0. The van der Waals surface area contributed by atoms with Crippen molar-refractivity contribution >= 4 is 24.8 Å². The summed E-state index contributed by atoms with van der Waals surface area (Å²) in [7, 11) is 1.56. The Balaban J connectivity index is -0.000000321. The van der Waals surface area contributed by atoms with Crippen molar-refractivity contribution in [3.05, 3.63) is 0 Å². The fourth-order valence-electron chi connectivity index (χ4n) is 0.882. The van der Waals surface area contributed by atoms with E-state index in [4.69, 9.17) is 12.6 Å². The molecule has 1 atom stereocenters. The molecule has 18 heavy (non-hydrogen) atoms. The number of hydrogen-bond donors (Lipinski definition) is 0. The molecule has 102 valence electrons. The quantitative estimate of drug-likeness (QED) is 0.300. The van der Waals surface area contributed by atoms with Gasteiger partial charge in [0.25, 0.3) is 0 Å². The third kappa shape index (κ3) is 15.2. The zero-order valence-corrected chi connectivity index (χ0v) is 17.2. The third-order valence-corrected chi connectivity index (χ3v) is 1.84. The van der Waals surface area contributed by atoms with Crippen LogP contribution in [0, 0.1) is 5.41 Å². The van der Waals surface area contributed by atoms with Gasteiger partial charge in [0.15, 0.2) is 5.78 Å². The largest absolute Gasteiger partial charge is 1.00 e. The molecule has 0 aromatic carbocycles. The number of ketones is 1. The molecule has 0 saturated carbocycles. The van der Waals surface area contributed by atoms with Crippen molar-refractivity contribution in [3.8, 4) is 0 Å². The number of nitrogens with zero attached hydrogens (tertiary/aromatic N) is 1. The molecule has 0 aliphatic heterocycles. The van der Waals surface area contributed by atoms with Crippen LogP contribution >= 0.6 is 0 Å². The van der Waals surface area contributed by atoms with Gasteiger partial charge in [-0.05, 0) is 14.0 Å². The average molecular weight is 299 g/mol. The molecule has 0 aromatic heterocycles. The Morgan fingerprint density at radius 2 is 1.44 bits per heavy atom. The molecule has 1 amide bonds. The number of Topliss-reactive ketones (excluding diaryl/α,β-unsaturated/α-hetero) is 1. The number of carbonyl (C=O) groups excluding carboxylic acids is 2. The molecule has 0 aromatic rings. The van der Waals surface area contributed by atoms with Crippen molar-refractivity contribution in [1.29, 1.82) is 0 Å². The van der Waals surface area contributed by atoms with Gasteiger partial charge in [-0.2, -0.15) is 11.2 Å². The van der Waals surface area contributed by atoms with Gasteiger partial charge in [0, 0.05) is 5.41 Å². The van der Waals surface area contributed by atoms with E-state index in [9.17, 15) is 9.59 Å². The maximum atomic E-state index is 11.5. The van der Waals surface area contributed by atoms with Gasteiger partial charge in [0.2, 0.25) is 0 Å². The Morgan fingerprint density at radius 3 is 1.61 bits per heavy atom. The van der Waals surface area contributed by atoms with Crippen molar-refractivity contribution in [1.82, 2.24) is 4.90 Å². The second-order valence-corrected chi connectivity index (χ2v) is 7.33. The van der Waals surface area contributed by atoms with Crippen LogP contribution in [0.5, 0.6) is 0 Å². The number of likely N-dealkylation sites (N-methyl/N-ethyl adjacent to an activating group) is 1. The number of amides is 1. The smallest absolute Gasteiger partial charge is 0.787 e. The Labute approximate surface area is 160 Å². The SMILES string of the molecule is CC(C(=O)C(C)(C)C)N(C)[C-]=O.CC(C)(C)[S-].[K+]. The van der Waals surface area contributed by atoms with Gasteiger partial charge >= 0.3 is 51.4 Å². The molecule has 0 fully saturated rings. The van der Waals surface area contributed by atoms with Crippen LogP contribution in [0.2, 0.25) is 0 Å². The van der Waals surface area contributed by atoms with Crippen LogP contribution in [0.1, 0.15) is 48.5 Å². The maximum absolute atomic E-state index is 11.5. The summed E-state index contributed by atoms with van der Waals surface area (Å²) in [6, 6.07) is -0.387. The van der Waals surface area contributed by atoms with Gasteiger partial charge in [0.1, 0.15) is 0 Å². The van der Waals surface area contributed by atoms with Gasteiger partial charge in [-0.25, -0.2) is 0 Å². The van der Waals surface area contributed by atoms with Crippen LogP contribution in [0.15, 0.2) is 0 Å². The first-order valence-electron chi connectivity index (χ1n) is 5.66. The molecule has 0 aliphatic carbocycles. The van der Waals surface area contributed by atoms with Gasteiger partial charge in [0.05, 0.1) is 6.04 Å². The summed E-state index contributed by atoms with van der Waals surface area (Å²) in [5.74, 6) is 0.0494. The second-order valence-electron chi connectivity index (χ2n) is 6.10. The van der Waals surface area contributed by atoms with E-state index in [2.05, 4.69) is 0 Å². The maximum Gasteiger partial charge on any atom is 1.00 e. The first-order valence-corrected chi connectivity index (χ1v) is 6.07. The molecule has 0 bridgehead atoms. The van der Waals surface area contributed by atoms with Gasteiger partial charge in [-0.1, -0.05) is 41.5 Å². The van der Waals surface area contributed by atoms with E-state index < -0.39 is 5.41 Å². The third-order valence-electron chi connectivity index (χ3n) is 1.84. The monoisotopic (exact) mass is 298 g/mol. The number of carbonyl (C=O) groups is 1. The molecule has 0 rings (SSSR count). The van der Waals surface area contributed by atoms with Gasteiger partial charge in [-0.15, -0.1) is 0 Å². The molecule has 0 heterocycles. The molecule has 5 heteroatoms. The van der Waals surface area contributed by atoms with Gasteiger partial charge in [-0.3, -0.25) is 4.79 Å². The zero-order valence-electron chi connectivity index (χ0n) is 13.2. The normalized spacial score (nSPS) is 12.5. The number of hydrogen-bond acceptors (Lipinski definition) is 3. The summed E-state index contributed by atoms with van der Waals surface area (Å²) in [6.45, 7) is 13.2. The molecule has 0 saturated heterocycles. The van der Waals surface area contributed by atoms with E-state index in [1.165, 1.54) is 4.90 Å². The van der Waals surface area contributed by atoms with E-state index in [-0.39, 0.29) is 68.0 Å². The Bertz CT molecular complexity index is 251. The van der Waals surface area contributed by atoms with E-state index in [0.717, 1.165) is 0 Å². The van der Waals surface area contributed by atoms with Gasteiger partial charge < -0.3 is 22.3 Å². The zero-order chi connectivity index (χ0) is 14.4. The summed E-state index contributed by atoms with van der Waals surface area (Å²) in [4.78, 5) is 23.0. The van der Waals surface area contributed by atoms with E-state index in [0.29, 0.717) is 0 Å². The summed E-state index contributed by atoms with van der Waals surface area (Å²) in [6.07, 6.45) is 1.68. The van der Waals surface area contributed by atoms with Crippen molar-refractivity contribution in [3.63, 3.8) is 0 Å². The Kier molecular flexibility index (Phi) is 13.3. The fraction of sp³-hybridized carbons (Fsp3) is 0.846. The molecule has 0 N–H and O–H groups in total. The topological polar surface area (TPSA) is 37.4 Å². The van der Waals surface area contributed by atoms with E-state index in [1.54, 1.807) is 20.4 Å². The summed E-state index contributed by atoms with van der Waals surface area (Å²) < 4.78 is 0.0833. The first kappa shape index (κ1) is 24.2. The van der Waals surface area contributed by atoms with Crippen molar-refractivity contribution < 1.29 is 61.0 Å². The second kappa shape index (κ2) is 9.94. The molecule has 0 radical (unpaired) electrons. The molecular formula is C13H25KNO2S-. The van der Waals surface area contributed by atoms with Crippen molar-refractivity contribution in [2.24, 2.45) is 5.41 Å². The molecular weight excluding hydrogens is 273 g/mol. The van der Waals surface area contributed by atoms with Crippen LogP contribution in [0.4, 0.5) is 0 Å². The standard InChI is InChI=1S/C9H16NO2.C4H10S.K/c1-7(10(5)6-11)8(12)9(2,3)4;1-4(2,3)5;/h7H,1-5H3;5H,1-3H3;/q-1;;+1/p-1. The predicted molar refractivity (Wildman–Crippen MR) is 74.5 cm³/mol. The summed E-state index contributed by atoms with van der Waals surface area (Å²) >= 11 is 4.83. The Hall–Kier alpha value is 1.13. The number of rotatable bonds is 3. The van der Waals surface area contributed by atoms with Crippen LogP contribution in [0.25, 0.3) is 0 Å². The minimum Gasteiger partial charge on any atom is -0.787 e. The van der Waals surface area contributed by atoms with Crippen LogP contribution in [0.3, 0.4) is 0 Å². The molecule has 3 nitrogen and oxygen atoms in total. The fourth-order valence-corrected chi connectivity index (χ4v) is 0.882. The van der Waals surface area contributed by atoms with Crippen LogP contribution in [-0.2, 0) is 22.2 Å². The van der Waals surface area contributed by atoms with E-state index in [1.807, 2.05) is 41.5 Å². The van der Waals surface area contributed by atoms with Crippen molar-refractivity contribution in [2.75, 3.05) is 7.05 Å². The predicted octanol–water partition coefficient (Wildman–Crippen LogP) is -0.675. The van der Waals surface area contributed by atoms with Crippen LogP contribution < -0.4 is 51.4 Å². The minimum absolute atomic E-state index is 0. The Morgan fingerprint density at radius 1 is 1.17 bits per heavy atom. The summed E-state index contributed by atoms with van der Waals surface area (Å²) in [5.41, 5.74) is -0.398. The molecule has 0 spiro atoms.